The van der Waals surface area contributed by atoms with Crippen LogP contribution >= 0.6 is 11.6 Å². The fourth-order valence-corrected chi connectivity index (χ4v) is 6.51. The number of aliphatic hydroxyl groups is 1. The van der Waals surface area contributed by atoms with E-state index in [1.807, 2.05) is 0 Å². The van der Waals surface area contributed by atoms with Gasteiger partial charge in [0.05, 0.1) is 6.04 Å². The summed E-state index contributed by atoms with van der Waals surface area (Å²) in [5.41, 5.74) is 5.92. The van der Waals surface area contributed by atoms with Crippen molar-refractivity contribution in [1.82, 2.24) is 4.90 Å². The highest BCUT2D eigenvalue weighted by molar-refractivity contribution is 6.20. The van der Waals surface area contributed by atoms with Crippen molar-refractivity contribution >= 4 is 17.4 Å². The number of nitrogens with two attached hydrogens (primary N) is 1. The molecule has 2 saturated carbocycles. The number of amidine groups is 1. The lowest BCUT2D eigenvalue weighted by atomic mass is 9.63. The zero-order chi connectivity index (χ0) is 18.5. The number of alkyl halides is 1. The van der Waals surface area contributed by atoms with E-state index in [0.29, 0.717) is 17.3 Å². The topological polar surface area (TPSA) is 61.8 Å². The highest BCUT2D eigenvalue weighted by atomic mass is 35.5. The van der Waals surface area contributed by atoms with Gasteiger partial charge in [-0.1, -0.05) is 26.7 Å². The molecule has 4 nitrogen and oxygen atoms in total. The molecule has 148 valence electrons. The summed E-state index contributed by atoms with van der Waals surface area (Å²) in [6, 6.07) is 0.617. The van der Waals surface area contributed by atoms with Gasteiger partial charge in [0.15, 0.2) is 0 Å². The van der Waals surface area contributed by atoms with E-state index < -0.39 is 5.60 Å². The summed E-state index contributed by atoms with van der Waals surface area (Å²) >= 11 is 6.50. The van der Waals surface area contributed by atoms with Crippen LogP contribution in [-0.4, -0.2) is 52.0 Å². The summed E-state index contributed by atoms with van der Waals surface area (Å²) in [6.07, 6.45) is 10.0. The second kappa shape index (κ2) is 6.93. The summed E-state index contributed by atoms with van der Waals surface area (Å²) in [7, 11) is 0. The first-order valence-electron chi connectivity index (χ1n) is 10.8. The lowest BCUT2D eigenvalue weighted by Crippen LogP contribution is -2.62. The Morgan fingerprint density at radius 2 is 1.77 bits per heavy atom. The van der Waals surface area contributed by atoms with Gasteiger partial charge in [-0.25, -0.2) is 0 Å². The molecule has 6 atom stereocenters. The number of rotatable bonds is 2. The van der Waals surface area contributed by atoms with E-state index in [4.69, 9.17) is 22.3 Å². The number of piperidine rings is 1. The molecule has 0 bridgehead atoms. The van der Waals surface area contributed by atoms with Gasteiger partial charge in [-0.2, -0.15) is 0 Å². The third-order valence-electron chi connectivity index (χ3n) is 7.95. The first-order valence-corrected chi connectivity index (χ1v) is 11.2. The maximum Gasteiger partial charge on any atom is 0.130 e. The molecule has 2 heterocycles. The Bertz CT molecular complexity index is 555. The minimum atomic E-state index is -0.948. The summed E-state index contributed by atoms with van der Waals surface area (Å²) < 4.78 is 0. The number of aliphatic imine (C=N–C) groups is 1. The minimum Gasteiger partial charge on any atom is -0.385 e. The Kier molecular flexibility index (Phi) is 5.07. The van der Waals surface area contributed by atoms with Crippen molar-refractivity contribution in [2.24, 2.45) is 28.0 Å². The number of halogens is 1. The van der Waals surface area contributed by atoms with E-state index in [-0.39, 0.29) is 23.3 Å². The normalized spacial score (nSPS) is 46.6. The standard InChI is InChI=1S/C21H36ClN3O/c1-20(2)9-11-25(12-10-20)18-6-4-3-5-15(18)21(26)16-13-14(22)7-8-17(16)24-19(21)23/h14-18,26H,3-13H2,1-2H3,(H2,23,24). The molecule has 3 fully saturated rings. The Balaban J connectivity index is 1.58. The minimum absolute atomic E-state index is 0.116. The van der Waals surface area contributed by atoms with Crippen molar-refractivity contribution in [3.05, 3.63) is 0 Å². The summed E-state index contributed by atoms with van der Waals surface area (Å²) in [5.74, 6) is 0.830. The Hall–Kier alpha value is -0.320. The van der Waals surface area contributed by atoms with Crippen LogP contribution in [0.4, 0.5) is 0 Å². The molecule has 0 aromatic carbocycles. The molecule has 5 heteroatoms. The van der Waals surface area contributed by atoms with Crippen molar-refractivity contribution in [1.29, 1.82) is 0 Å². The molecule has 0 amide bonds. The van der Waals surface area contributed by atoms with E-state index in [1.165, 1.54) is 32.1 Å². The molecule has 0 aromatic rings. The SMILES string of the molecule is CC1(C)CCN(C2CCCCC2C2(O)C(N)=NC3CCC(Cl)CC32)CC1. The van der Waals surface area contributed by atoms with Crippen molar-refractivity contribution in [3.63, 3.8) is 0 Å². The monoisotopic (exact) mass is 381 g/mol. The Morgan fingerprint density at radius 3 is 2.50 bits per heavy atom. The maximum atomic E-state index is 12.0. The molecule has 1 saturated heterocycles. The van der Waals surface area contributed by atoms with Gasteiger partial charge in [0.25, 0.3) is 0 Å². The van der Waals surface area contributed by atoms with Gasteiger partial charge in [0.2, 0.25) is 0 Å². The predicted molar refractivity (Wildman–Crippen MR) is 108 cm³/mol. The van der Waals surface area contributed by atoms with Crippen LogP contribution in [0.1, 0.15) is 71.6 Å². The molecule has 4 rings (SSSR count). The number of nitrogens with zero attached hydrogens (tertiary/aromatic N) is 2. The van der Waals surface area contributed by atoms with E-state index in [9.17, 15) is 5.11 Å². The largest absolute Gasteiger partial charge is 0.385 e. The van der Waals surface area contributed by atoms with Crippen molar-refractivity contribution in [3.8, 4) is 0 Å². The van der Waals surface area contributed by atoms with E-state index in [0.717, 1.165) is 38.8 Å². The van der Waals surface area contributed by atoms with Crippen molar-refractivity contribution in [2.45, 2.75) is 94.7 Å². The van der Waals surface area contributed by atoms with Crippen LogP contribution in [0.15, 0.2) is 4.99 Å². The average molecular weight is 382 g/mol. The van der Waals surface area contributed by atoms with E-state index in [2.05, 4.69) is 18.7 Å². The molecular weight excluding hydrogens is 346 g/mol. The molecule has 0 spiro atoms. The highest BCUT2D eigenvalue weighted by Gasteiger charge is 2.58. The molecular formula is C21H36ClN3O. The molecule has 2 aliphatic carbocycles. The number of hydrogen-bond donors (Lipinski definition) is 2. The Labute approximate surface area is 163 Å². The number of fused-ring (bicyclic) bond motifs is 1. The quantitative estimate of drug-likeness (QED) is 0.719. The number of hydrogen-bond acceptors (Lipinski definition) is 4. The van der Waals surface area contributed by atoms with Crippen molar-refractivity contribution < 1.29 is 5.11 Å². The van der Waals surface area contributed by atoms with Crippen molar-refractivity contribution in [2.75, 3.05) is 13.1 Å². The van der Waals surface area contributed by atoms with Crippen LogP contribution < -0.4 is 5.73 Å². The molecule has 0 aromatic heterocycles. The van der Waals surface area contributed by atoms with Gasteiger partial charge >= 0.3 is 0 Å². The molecule has 3 N–H and O–H groups in total. The first kappa shape index (κ1) is 19.0. The first-order chi connectivity index (χ1) is 12.3. The Morgan fingerprint density at radius 1 is 1.08 bits per heavy atom. The van der Waals surface area contributed by atoms with Crippen LogP contribution in [0.5, 0.6) is 0 Å². The molecule has 6 unspecified atom stereocenters. The van der Waals surface area contributed by atoms with Gasteiger partial charge in [-0.05, 0) is 63.5 Å². The average Bonchev–Trinajstić information content (AvgIpc) is 2.87. The second-order valence-electron chi connectivity index (χ2n) is 10.1. The lowest BCUT2D eigenvalue weighted by molar-refractivity contribution is -0.0730. The molecule has 2 aliphatic heterocycles. The van der Waals surface area contributed by atoms with Crippen LogP contribution in [0.3, 0.4) is 0 Å². The van der Waals surface area contributed by atoms with Gasteiger partial charge in [-0.15, -0.1) is 11.6 Å². The highest BCUT2D eigenvalue weighted by Crippen LogP contribution is 2.49. The zero-order valence-electron chi connectivity index (χ0n) is 16.5. The molecule has 0 radical (unpaired) electrons. The number of likely N-dealkylation sites (tertiary alicyclic amines) is 1. The summed E-state index contributed by atoms with van der Waals surface area (Å²) in [4.78, 5) is 7.40. The van der Waals surface area contributed by atoms with Crippen LogP contribution in [0.25, 0.3) is 0 Å². The van der Waals surface area contributed by atoms with Gasteiger partial charge < -0.3 is 10.8 Å². The predicted octanol–water partition coefficient (Wildman–Crippen LogP) is 3.55. The van der Waals surface area contributed by atoms with Gasteiger partial charge in [-0.3, -0.25) is 9.89 Å². The fraction of sp³-hybridized carbons (Fsp3) is 0.952. The summed E-state index contributed by atoms with van der Waals surface area (Å²) in [5, 5.41) is 12.1. The summed E-state index contributed by atoms with van der Waals surface area (Å²) in [6.45, 7) is 7.05. The lowest BCUT2D eigenvalue weighted by Gasteiger charge is -2.51. The van der Waals surface area contributed by atoms with Gasteiger partial charge in [0.1, 0.15) is 11.4 Å². The van der Waals surface area contributed by atoms with Crippen LogP contribution in [-0.2, 0) is 0 Å². The van der Waals surface area contributed by atoms with E-state index >= 15 is 0 Å². The third kappa shape index (κ3) is 3.20. The van der Waals surface area contributed by atoms with Crippen LogP contribution in [0, 0.1) is 17.3 Å². The zero-order valence-corrected chi connectivity index (χ0v) is 17.2. The van der Waals surface area contributed by atoms with Crippen LogP contribution in [0.2, 0.25) is 0 Å². The van der Waals surface area contributed by atoms with Gasteiger partial charge in [0, 0.05) is 23.3 Å². The van der Waals surface area contributed by atoms with E-state index in [1.54, 1.807) is 0 Å². The third-order valence-corrected chi connectivity index (χ3v) is 8.34. The second-order valence-corrected chi connectivity index (χ2v) is 10.7. The smallest absolute Gasteiger partial charge is 0.130 e. The molecule has 26 heavy (non-hydrogen) atoms. The maximum absolute atomic E-state index is 12.0. The fourth-order valence-electron chi connectivity index (χ4n) is 6.19. The molecule has 4 aliphatic rings.